The Labute approximate surface area is 123 Å². The van der Waals surface area contributed by atoms with Gasteiger partial charge in [-0.25, -0.2) is 0 Å². The predicted molar refractivity (Wildman–Crippen MR) is 87.8 cm³/mol. The van der Waals surface area contributed by atoms with E-state index in [1.807, 2.05) is 0 Å². The fourth-order valence-corrected chi connectivity index (χ4v) is 3.05. The van der Waals surface area contributed by atoms with E-state index >= 15 is 0 Å². The van der Waals surface area contributed by atoms with E-state index in [-0.39, 0.29) is 5.41 Å². The third kappa shape index (κ3) is 3.12. The first kappa shape index (κ1) is 14.8. The van der Waals surface area contributed by atoms with Crippen molar-refractivity contribution >= 4 is 0 Å². The Kier molecular flexibility index (Phi) is 5.40. The van der Waals surface area contributed by atoms with E-state index in [9.17, 15) is 0 Å². The van der Waals surface area contributed by atoms with Crippen LogP contribution in [0.3, 0.4) is 0 Å². The van der Waals surface area contributed by atoms with E-state index in [2.05, 4.69) is 80.9 Å². The number of hydrogen-bond acceptors (Lipinski definition) is 0. The SMILES string of the molecule is CCC[CH]C(CCC)(c1ccccc1)c1ccccc1. The van der Waals surface area contributed by atoms with Crippen LogP contribution in [0.5, 0.6) is 0 Å². The van der Waals surface area contributed by atoms with Crippen molar-refractivity contribution in [1.29, 1.82) is 0 Å². The smallest absolute Gasteiger partial charge is 0.0234 e. The Morgan fingerprint density at radius 1 is 0.750 bits per heavy atom. The Morgan fingerprint density at radius 2 is 1.25 bits per heavy atom. The molecule has 0 amide bonds. The van der Waals surface area contributed by atoms with Gasteiger partial charge in [-0.3, -0.25) is 0 Å². The molecule has 0 aliphatic heterocycles. The average Bonchev–Trinajstić information content (AvgIpc) is 2.53. The van der Waals surface area contributed by atoms with Crippen LogP contribution >= 0.6 is 0 Å². The topological polar surface area (TPSA) is 0 Å². The van der Waals surface area contributed by atoms with Crippen molar-refractivity contribution in [2.45, 2.75) is 44.9 Å². The first-order chi connectivity index (χ1) is 9.83. The molecule has 2 aromatic rings. The molecule has 0 spiro atoms. The summed E-state index contributed by atoms with van der Waals surface area (Å²) in [7, 11) is 0. The maximum atomic E-state index is 2.53. The maximum absolute atomic E-state index is 2.53. The van der Waals surface area contributed by atoms with Crippen LogP contribution in [0.2, 0.25) is 0 Å². The first-order valence-electron chi connectivity index (χ1n) is 7.79. The van der Waals surface area contributed by atoms with Crippen LogP contribution in [-0.2, 0) is 5.41 Å². The van der Waals surface area contributed by atoms with Crippen molar-refractivity contribution in [3.05, 3.63) is 78.2 Å². The summed E-state index contributed by atoms with van der Waals surface area (Å²) in [6, 6.07) is 21.9. The second-order valence-electron chi connectivity index (χ2n) is 5.45. The quantitative estimate of drug-likeness (QED) is 0.595. The number of benzene rings is 2. The zero-order chi connectivity index (χ0) is 14.3. The van der Waals surface area contributed by atoms with Crippen molar-refractivity contribution in [3.8, 4) is 0 Å². The summed E-state index contributed by atoms with van der Waals surface area (Å²) < 4.78 is 0. The molecule has 0 fully saturated rings. The van der Waals surface area contributed by atoms with Crippen molar-refractivity contribution < 1.29 is 0 Å². The van der Waals surface area contributed by atoms with Gasteiger partial charge < -0.3 is 0 Å². The van der Waals surface area contributed by atoms with E-state index in [1.54, 1.807) is 0 Å². The zero-order valence-corrected chi connectivity index (χ0v) is 12.7. The average molecular weight is 265 g/mol. The predicted octanol–water partition coefficient (Wildman–Crippen LogP) is 5.78. The molecule has 2 rings (SSSR count). The Hall–Kier alpha value is -1.56. The molecule has 1 radical (unpaired) electrons. The minimum atomic E-state index is 0.0628. The molecule has 0 atom stereocenters. The highest BCUT2D eigenvalue weighted by molar-refractivity contribution is 5.42. The summed E-state index contributed by atoms with van der Waals surface area (Å²) >= 11 is 0. The molecule has 0 unspecified atom stereocenters. The molecular formula is C20H25. The number of hydrogen-bond donors (Lipinski definition) is 0. The minimum Gasteiger partial charge on any atom is -0.0654 e. The molecule has 0 heteroatoms. The van der Waals surface area contributed by atoms with E-state index in [1.165, 1.54) is 30.4 Å². The van der Waals surface area contributed by atoms with Gasteiger partial charge in [-0.1, -0.05) is 87.4 Å². The van der Waals surface area contributed by atoms with E-state index < -0.39 is 0 Å². The second-order valence-corrected chi connectivity index (χ2v) is 5.45. The van der Waals surface area contributed by atoms with Gasteiger partial charge in [0.05, 0.1) is 0 Å². The minimum absolute atomic E-state index is 0.0628. The summed E-state index contributed by atoms with van der Waals surface area (Å²) in [5.74, 6) is 0. The fraction of sp³-hybridized carbons (Fsp3) is 0.350. The van der Waals surface area contributed by atoms with Gasteiger partial charge >= 0.3 is 0 Å². The third-order valence-corrected chi connectivity index (χ3v) is 4.00. The summed E-state index contributed by atoms with van der Waals surface area (Å²) in [4.78, 5) is 0. The van der Waals surface area contributed by atoms with Gasteiger partial charge in [0, 0.05) is 5.41 Å². The van der Waals surface area contributed by atoms with Crippen LogP contribution in [0, 0.1) is 6.42 Å². The molecule has 0 saturated carbocycles. The van der Waals surface area contributed by atoms with E-state index in [0.29, 0.717) is 0 Å². The highest BCUT2D eigenvalue weighted by Gasteiger charge is 2.32. The lowest BCUT2D eigenvalue weighted by molar-refractivity contribution is 0.510. The molecule has 105 valence electrons. The lowest BCUT2D eigenvalue weighted by atomic mass is 9.68. The number of rotatable bonds is 7. The van der Waals surface area contributed by atoms with Gasteiger partial charge in [0.1, 0.15) is 0 Å². The monoisotopic (exact) mass is 265 g/mol. The first-order valence-corrected chi connectivity index (χ1v) is 7.79. The Morgan fingerprint density at radius 3 is 1.65 bits per heavy atom. The molecule has 0 saturated heterocycles. The molecule has 0 aliphatic carbocycles. The van der Waals surface area contributed by atoms with Gasteiger partial charge in [-0.05, 0) is 30.4 Å². The van der Waals surface area contributed by atoms with Gasteiger partial charge in [0.2, 0.25) is 0 Å². The molecule has 20 heavy (non-hydrogen) atoms. The Balaban J connectivity index is 2.50. The van der Waals surface area contributed by atoms with Crippen LogP contribution < -0.4 is 0 Å². The van der Waals surface area contributed by atoms with Crippen LogP contribution in [-0.4, -0.2) is 0 Å². The van der Waals surface area contributed by atoms with Crippen LogP contribution in [0.15, 0.2) is 60.7 Å². The molecule has 0 heterocycles. The Bertz CT molecular complexity index is 444. The van der Waals surface area contributed by atoms with Gasteiger partial charge in [0.25, 0.3) is 0 Å². The molecular weight excluding hydrogens is 240 g/mol. The zero-order valence-electron chi connectivity index (χ0n) is 12.7. The number of unbranched alkanes of at least 4 members (excludes halogenated alkanes) is 1. The normalized spacial score (nSPS) is 11.5. The molecule has 0 aromatic heterocycles. The largest absolute Gasteiger partial charge is 0.0654 e. The van der Waals surface area contributed by atoms with E-state index in [0.717, 1.165) is 6.42 Å². The lowest BCUT2D eigenvalue weighted by Crippen LogP contribution is -2.28. The molecule has 0 bridgehead atoms. The van der Waals surface area contributed by atoms with Crippen LogP contribution in [0.25, 0.3) is 0 Å². The van der Waals surface area contributed by atoms with Gasteiger partial charge in [-0.15, -0.1) is 0 Å². The van der Waals surface area contributed by atoms with Gasteiger partial charge in [-0.2, -0.15) is 0 Å². The lowest BCUT2D eigenvalue weighted by Gasteiger charge is -2.35. The summed E-state index contributed by atoms with van der Waals surface area (Å²) in [6.07, 6.45) is 7.24. The van der Waals surface area contributed by atoms with Gasteiger partial charge in [0.15, 0.2) is 0 Å². The third-order valence-electron chi connectivity index (χ3n) is 4.00. The van der Waals surface area contributed by atoms with Crippen molar-refractivity contribution in [2.75, 3.05) is 0 Å². The highest BCUT2D eigenvalue weighted by atomic mass is 14.4. The fourth-order valence-electron chi connectivity index (χ4n) is 3.05. The summed E-state index contributed by atoms with van der Waals surface area (Å²) in [5.41, 5.74) is 2.90. The summed E-state index contributed by atoms with van der Waals surface area (Å²) in [6.45, 7) is 4.53. The van der Waals surface area contributed by atoms with Crippen LogP contribution in [0.1, 0.15) is 50.7 Å². The summed E-state index contributed by atoms with van der Waals surface area (Å²) in [5, 5.41) is 0. The maximum Gasteiger partial charge on any atom is 0.0234 e. The van der Waals surface area contributed by atoms with Crippen molar-refractivity contribution in [2.24, 2.45) is 0 Å². The molecule has 0 nitrogen and oxygen atoms in total. The van der Waals surface area contributed by atoms with Crippen molar-refractivity contribution in [1.82, 2.24) is 0 Å². The second kappa shape index (κ2) is 7.28. The highest BCUT2D eigenvalue weighted by Crippen LogP contribution is 2.40. The van der Waals surface area contributed by atoms with Crippen molar-refractivity contribution in [3.63, 3.8) is 0 Å². The van der Waals surface area contributed by atoms with Crippen LogP contribution in [0.4, 0.5) is 0 Å². The molecule has 0 aliphatic rings. The molecule has 0 N–H and O–H groups in total. The molecule has 2 aromatic carbocycles. The van der Waals surface area contributed by atoms with E-state index in [4.69, 9.17) is 0 Å². The standard InChI is InChI=1S/C20H25/c1-3-5-17-20(16-4-2,18-12-8-6-9-13-18)19-14-10-7-11-15-19/h6-15,17H,3-5,16H2,1-2H3.